The van der Waals surface area contributed by atoms with Crippen molar-refractivity contribution in [3.8, 4) is 16.9 Å². The third-order valence-electron chi connectivity index (χ3n) is 4.73. The van der Waals surface area contributed by atoms with Gasteiger partial charge in [-0.25, -0.2) is 9.48 Å². The van der Waals surface area contributed by atoms with Crippen molar-refractivity contribution < 1.29 is 19.1 Å². The number of aromatic nitrogens is 2. The van der Waals surface area contributed by atoms with Crippen LogP contribution in [0.3, 0.4) is 0 Å². The Morgan fingerprint density at radius 3 is 2.45 bits per heavy atom. The van der Waals surface area contributed by atoms with Crippen LogP contribution in [0.25, 0.3) is 16.9 Å². The fraction of sp³-hybridized carbons (Fsp3) is 0.292. The summed E-state index contributed by atoms with van der Waals surface area (Å²) in [6.45, 7) is 7.50. The Morgan fingerprint density at radius 2 is 1.77 bits per heavy atom. The predicted octanol–water partition coefficient (Wildman–Crippen LogP) is 3.79. The highest BCUT2D eigenvalue weighted by atomic mass is 16.5. The van der Waals surface area contributed by atoms with Gasteiger partial charge in [-0.1, -0.05) is 24.3 Å². The first-order valence-electron chi connectivity index (χ1n) is 10.3. The van der Waals surface area contributed by atoms with Crippen molar-refractivity contribution in [2.45, 2.75) is 20.8 Å². The standard InChI is InChI=1S/C24H27N3O4/c1-4-30-15-14-25-23(28)18-10-12-19(13-11-18)27-22(20-9-7-6-8-17(20)3)16-21(26-27)24(29)31-5-2/h6-13,16H,4-5,14-15H2,1-3H3,(H,25,28). The zero-order valence-electron chi connectivity index (χ0n) is 18.1. The van der Waals surface area contributed by atoms with Gasteiger partial charge in [0.1, 0.15) is 0 Å². The molecule has 0 aliphatic heterocycles. The number of nitrogens with one attached hydrogen (secondary N) is 1. The molecule has 0 fully saturated rings. The van der Waals surface area contributed by atoms with Crippen molar-refractivity contribution in [3.63, 3.8) is 0 Å². The van der Waals surface area contributed by atoms with Crippen LogP contribution in [0.5, 0.6) is 0 Å². The van der Waals surface area contributed by atoms with E-state index in [9.17, 15) is 9.59 Å². The lowest BCUT2D eigenvalue weighted by molar-refractivity contribution is 0.0519. The number of carbonyl (C=O) groups is 2. The van der Waals surface area contributed by atoms with Gasteiger partial charge in [-0.3, -0.25) is 4.79 Å². The normalized spacial score (nSPS) is 10.7. The quantitative estimate of drug-likeness (QED) is 0.420. The summed E-state index contributed by atoms with van der Waals surface area (Å²) in [6, 6.07) is 16.7. The predicted molar refractivity (Wildman–Crippen MR) is 119 cm³/mol. The average molecular weight is 421 g/mol. The molecule has 2 aromatic carbocycles. The third kappa shape index (κ3) is 5.38. The highest BCUT2D eigenvalue weighted by molar-refractivity contribution is 5.94. The summed E-state index contributed by atoms with van der Waals surface area (Å²) in [7, 11) is 0. The molecule has 0 saturated carbocycles. The van der Waals surface area contributed by atoms with Gasteiger partial charge in [0.05, 0.1) is 24.6 Å². The SMILES string of the molecule is CCOCCNC(=O)c1ccc(-n2nc(C(=O)OCC)cc2-c2ccccc2C)cc1. The van der Waals surface area contributed by atoms with Crippen molar-refractivity contribution >= 4 is 11.9 Å². The minimum absolute atomic E-state index is 0.168. The van der Waals surface area contributed by atoms with Crippen molar-refractivity contribution in [1.29, 1.82) is 0 Å². The Labute approximate surface area is 182 Å². The van der Waals surface area contributed by atoms with Crippen LogP contribution in [0.4, 0.5) is 0 Å². The minimum atomic E-state index is -0.471. The van der Waals surface area contributed by atoms with E-state index in [-0.39, 0.29) is 18.2 Å². The summed E-state index contributed by atoms with van der Waals surface area (Å²) in [4.78, 5) is 24.6. The second kappa shape index (κ2) is 10.5. The summed E-state index contributed by atoms with van der Waals surface area (Å²) in [5.74, 6) is -0.639. The van der Waals surface area contributed by atoms with Gasteiger partial charge < -0.3 is 14.8 Å². The van der Waals surface area contributed by atoms with Gasteiger partial charge in [0, 0.05) is 24.3 Å². The van der Waals surface area contributed by atoms with Crippen LogP contribution >= 0.6 is 0 Å². The average Bonchev–Trinajstić information content (AvgIpc) is 3.22. The van der Waals surface area contributed by atoms with Crippen molar-refractivity contribution in [2.24, 2.45) is 0 Å². The van der Waals surface area contributed by atoms with Gasteiger partial charge in [0.15, 0.2) is 5.69 Å². The number of carbonyl (C=O) groups excluding carboxylic acids is 2. The summed E-state index contributed by atoms with van der Waals surface area (Å²) in [5, 5.41) is 7.31. The molecule has 0 radical (unpaired) electrons. The topological polar surface area (TPSA) is 82.5 Å². The van der Waals surface area contributed by atoms with E-state index in [1.54, 1.807) is 41.9 Å². The zero-order valence-corrected chi connectivity index (χ0v) is 18.1. The number of benzene rings is 2. The van der Waals surface area contributed by atoms with Gasteiger partial charge in [0.2, 0.25) is 0 Å². The molecule has 0 atom stereocenters. The number of nitrogens with zero attached hydrogens (tertiary/aromatic N) is 2. The molecule has 7 nitrogen and oxygen atoms in total. The number of aryl methyl sites for hydroxylation is 1. The fourth-order valence-electron chi connectivity index (χ4n) is 3.17. The lowest BCUT2D eigenvalue weighted by atomic mass is 10.1. The van der Waals surface area contributed by atoms with Gasteiger partial charge in [-0.2, -0.15) is 5.10 Å². The number of hydrogen-bond donors (Lipinski definition) is 1. The lowest BCUT2D eigenvalue weighted by Gasteiger charge is -2.11. The van der Waals surface area contributed by atoms with Crippen LogP contribution in [-0.4, -0.2) is 48.0 Å². The van der Waals surface area contributed by atoms with E-state index in [0.717, 1.165) is 22.5 Å². The molecular formula is C24H27N3O4. The molecule has 1 N–H and O–H groups in total. The summed E-state index contributed by atoms with van der Waals surface area (Å²) < 4.78 is 12.1. The second-order valence-corrected chi connectivity index (χ2v) is 6.86. The summed E-state index contributed by atoms with van der Waals surface area (Å²) in [6.07, 6.45) is 0. The van der Waals surface area contributed by atoms with Crippen LogP contribution < -0.4 is 5.32 Å². The lowest BCUT2D eigenvalue weighted by Crippen LogP contribution is -2.27. The third-order valence-corrected chi connectivity index (χ3v) is 4.73. The van der Waals surface area contributed by atoms with Gasteiger partial charge in [-0.15, -0.1) is 0 Å². The Kier molecular flexibility index (Phi) is 7.56. The molecule has 162 valence electrons. The van der Waals surface area contributed by atoms with E-state index < -0.39 is 5.97 Å². The van der Waals surface area contributed by atoms with E-state index in [2.05, 4.69) is 10.4 Å². The van der Waals surface area contributed by atoms with Crippen LogP contribution in [0.1, 0.15) is 40.3 Å². The zero-order chi connectivity index (χ0) is 22.2. The van der Waals surface area contributed by atoms with Crippen molar-refractivity contribution in [3.05, 3.63) is 71.4 Å². The molecule has 31 heavy (non-hydrogen) atoms. The first kappa shape index (κ1) is 22.2. The van der Waals surface area contributed by atoms with Gasteiger partial charge in [0.25, 0.3) is 5.91 Å². The number of rotatable bonds is 9. The van der Waals surface area contributed by atoms with Crippen LogP contribution in [0.15, 0.2) is 54.6 Å². The summed E-state index contributed by atoms with van der Waals surface area (Å²) in [5.41, 5.74) is 4.30. The summed E-state index contributed by atoms with van der Waals surface area (Å²) >= 11 is 0. The van der Waals surface area contributed by atoms with Crippen molar-refractivity contribution in [1.82, 2.24) is 15.1 Å². The Bertz CT molecular complexity index is 1040. The molecule has 0 saturated heterocycles. The van der Waals surface area contributed by atoms with Gasteiger partial charge in [-0.05, 0) is 56.7 Å². The van der Waals surface area contributed by atoms with Crippen LogP contribution in [0, 0.1) is 6.92 Å². The number of amides is 1. The molecule has 3 rings (SSSR count). The maximum absolute atomic E-state index is 12.3. The number of esters is 1. The molecule has 0 spiro atoms. The Balaban J connectivity index is 1.91. The van der Waals surface area contributed by atoms with E-state index >= 15 is 0 Å². The largest absolute Gasteiger partial charge is 0.461 e. The van der Waals surface area contributed by atoms with E-state index in [1.165, 1.54) is 0 Å². The monoisotopic (exact) mass is 421 g/mol. The first-order chi connectivity index (χ1) is 15.0. The first-order valence-corrected chi connectivity index (χ1v) is 10.3. The van der Waals surface area contributed by atoms with Crippen LogP contribution in [-0.2, 0) is 9.47 Å². The molecule has 0 bridgehead atoms. The maximum Gasteiger partial charge on any atom is 0.358 e. The molecule has 0 unspecified atom stereocenters. The fourth-order valence-corrected chi connectivity index (χ4v) is 3.17. The van der Waals surface area contributed by atoms with E-state index in [4.69, 9.17) is 9.47 Å². The molecule has 1 amide bonds. The molecule has 1 heterocycles. The number of hydrogen-bond acceptors (Lipinski definition) is 5. The molecule has 7 heteroatoms. The van der Waals surface area contributed by atoms with Gasteiger partial charge >= 0.3 is 5.97 Å². The highest BCUT2D eigenvalue weighted by Gasteiger charge is 2.19. The van der Waals surface area contributed by atoms with Crippen molar-refractivity contribution in [2.75, 3.05) is 26.4 Å². The number of ether oxygens (including phenoxy) is 2. The smallest absolute Gasteiger partial charge is 0.358 e. The van der Waals surface area contributed by atoms with E-state index in [0.29, 0.717) is 25.3 Å². The van der Waals surface area contributed by atoms with Crippen LogP contribution in [0.2, 0.25) is 0 Å². The molecule has 3 aromatic rings. The molecular weight excluding hydrogens is 394 g/mol. The minimum Gasteiger partial charge on any atom is -0.461 e. The molecule has 0 aliphatic carbocycles. The molecule has 0 aliphatic rings. The van der Waals surface area contributed by atoms with E-state index in [1.807, 2.05) is 38.1 Å². The maximum atomic E-state index is 12.3. The molecule has 1 aromatic heterocycles. The highest BCUT2D eigenvalue weighted by Crippen LogP contribution is 2.27. The Hall–Kier alpha value is -3.45. The second-order valence-electron chi connectivity index (χ2n) is 6.86. The Morgan fingerprint density at radius 1 is 1.03 bits per heavy atom.